The lowest BCUT2D eigenvalue weighted by Gasteiger charge is -2.10. The second-order valence-electron chi connectivity index (χ2n) is 6.81. The van der Waals surface area contributed by atoms with Gasteiger partial charge < -0.3 is 33.2 Å². The zero-order valence-electron chi connectivity index (χ0n) is 18.6. The lowest BCUT2D eigenvalue weighted by molar-refractivity contribution is -0.0143. The first-order valence-electron chi connectivity index (χ1n) is 11.0. The van der Waals surface area contributed by atoms with Crippen molar-refractivity contribution in [3.05, 3.63) is 47.8 Å². The Kier molecular flexibility index (Phi) is 11.6. The van der Waals surface area contributed by atoms with Gasteiger partial charge in [0.05, 0.1) is 66.1 Å². The number of ether oxygens (including phenoxy) is 7. The fourth-order valence-electron chi connectivity index (χ4n) is 2.77. The maximum absolute atomic E-state index is 12.8. The van der Waals surface area contributed by atoms with E-state index in [1.807, 2.05) is 0 Å². The first-order chi connectivity index (χ1) is 16.3. The molecule has 2 aromatic rings. The number of fused-ring (bicyclic) bond motifs is 4. The van der Waals surface area contributed by atoms with E-state index in [0.717, 1.165) is 0 Å². The standard InChI is InChI=1S/C23H30N2O8/c26-23-19-3-1-5-21(24-19)32-17-15-30-13-11-28-9-7-27-8-10-29-12-14-31-16-18-33-22-6-2-4-20(23)25-22/h1-6H,7-18H2. The molecule has 0 amide bonds. The van der Waals surface area contributed by atoms with Gasteiger partial charge in [0, 0.05) is 12.1 Å². The molecule has 180 valence electrons. The van der Waals surface area contributed by atoms with Crippen LogP contribution in [0.15, 0.2) is 36.4 Å². The van der Waals surface area contributed by atoms with Gasteiger partial charge in [-0.25, -0.2) is 9.97 Å². The Balaban J connectivity index is 1.55. The van der Waals surface area contributed by atoms with Gasteiger partial charge in [-0.2, -0.15) is 0 Å². The fraction of sp³-hybridized carbons (Fsp3) is 0.522. The Hall–Kier alpha value is -2.63. The molecule has 1 aliphatic heterocycles. The van der Waals surface area contributed by atoms with Crippen molar-refractivity contribution in [3.8, 4) is 11.8 Å². The maximum atomic E-state index is 12.8. The number of carbonyl (C=O) groups is 1. The molecule has 0 aromatic carbocycles. The van der Waals surface area contributed by atoms with E-state index >= 15 is 0 Å². The van der Waals surface area contributed by atoms with Crippen LogP contribution in [0.5, 0.6) is 11.8 Å². The van der Waals surface area contributed by atoms with E-state index in [4.69, 9.17) is 33.2 Å². The van der Waals surface area contributed by atoms with Crippen molar-refractivity contribution in [2.24, 2.45) is 0 Å². The number of nitrogens with zero attached hydrogens (tertiary/aromatic N) is 2. The molecule has 0 N–H and O–H groups in total. The van der Waals surface area contributed by atoms with Crippen molar-refractivity contribution >= 4 is 5.78 Å². The molecule has 0 aliphatic carbocycles. The Labute approximate surface area is 193 Å². The molecule has 0 spiro atoms. The van der Waals surface area contributed by atoms with Crippen molar-refractivity contribution in [3.63, 3.8) is 0 Å². The van der Waals surface area contributed by atoms with Crippen LogP contribution in [-0.2, 0) is 23.7 Å². The summed E-state index contributed by atoms with van der Waals surface area (Å²) < 4.78 is 38.4. The van der Waals surface area contributed by atoms with Crippen LogP contribution >= 0.6 is 0 Å². The van der Waals surface area contributed by atoms with E-state index in [1.165, 1.54) is 0 Å². The van der Waals surface area contributed by atoms with Crippen LogP contribution in [0.1, 0.15) is 16.2 Å². The highest BCUT2D eigenvalue weighted by Gasteiger charge is 2.14. The second-order valence-corrected chi connectivity index (χ2v) is 6.81. The van der Waals surface area contributed by atoms with E-state index in [1.54, 1.807) is 36.4 Å². The van der Waals surface area contributed by atoms with Gasteiger partial charge in [-0.1, -0.05) is 12.1 Å². The van der Waals surface area contributed by atoms with Crippen LogP contribution in [-0.4, -0.2) is 95.0 Å². The van der Waals surface area contributed by atoms with Crippen molar-refractivity contribution in [1.29, 1.82) is 0 Å². The molecule has 0 radical (unpaired) electrons. The first kappa shape index (κ1) is 25.0. The van der Waals surface area contributed by atoms with Gasteiger partial charge in [-0.15, -0.1) is 0 Å². The van der Waals surface area contributed by atoms with Crippen molar-refractivity contribution in [2.45, 2.75) is 0 Å². The van der Waals surface area contributed by atoms with E-state index < -0.39 is 0 Å². The van der Waals surface area contributed by atoms with E-state index in [9.17, 15) is 4.79 Å². The van der Waals surface area contributed by atoms with Crippen LogP contribution in [0, 0.1) is 0 Å². The molecular formula is C23H30N2O8. The van der Waals surface area contributed by atoms with Crippen LogP contribution in [0.4, 0.5) is 0 Å². The normalized spacial score (nSPS) is 18.6. The third-order valence-electron chi connectivity index (χ3n) is 4.36. The minimum Gasteiger partial charge on any atom is -0.475 e. The van der Waals surface area contributed by atoms with Crippen molar-refractivity contribution in [2.75, 3.05) is 79.3 Å². The van der Waals surface area contributed by atoms with Gasteiger partial charge in [0.15, 0.2) is 0 Å². The summed E-state index contributed by atoms with van der Waals surface area (Å²) in [5.74, 6) is 0.360. The minimum absolute atomic E-state index is 0.235. The molecule has 0 saturated heterocycles. The Morgan fingerprint density at radius 2 is 0.818 bits per heavy atom. The summed E-state index contributed by atoms with van der Waals surface area (Å²) in [6.07, 6.45) is 0. The molecule has 33 heavy (non-hydrogen) atoms. The van der Waals surface area contributed by atoms with Gasteiger partial charge in [-0.3, -0.25) is 4.79 Å². The molecule has 10 nitrogen and oxygen atoms in total. The third kappa shape index (κ3) is 9.80. The van der Waals surface area contributed by atoms with E-state index in [0.29, 0.717) is 91.0 Å². The summed E-state index contributed by atoms with van der Waals surface area (Å²) in [6, 6.07) is 10.0. The van der Waals surface area contributed by atoms with Crippen LogP contribution < -0.4 is 9.47 Å². The number of aromatic nitrogens is 2. The molecule has 0 saturated carbocycles. The average molecular weight is 462 g/mol. The SMILES string of the molecule is O=C1c2cccc(n2)OCCOCCOCCOCCOCCOCCOc2cccc1n2. The van der Waals surface area contributed by atoms with Gasteiger partial charge in [0.25, 0.3) is 0 Å². The van der Waals surface area contributed by atoms with E-state index in [2.05, 4.69) is 9.97 Å². The minimum atomic E-state index is -0.321. The van der Waals surface area contributed by atoms with Crippen LogP contribution in [0.3, 0.4) is 0 Å². The third-order valence-corrected chi connectivity index (χ3v) is 4.36. The van der Waals surface area contributed by atoms with Gasteiger partial charge in [0.1, 0.15) is 24.6 Å². The Bertz CT molecular complexity index is 770. The molecule has 4 bridgehead atoms. The zero-order chi connectivity index (χ0) is 23.0. The average Bonchev–Trinajstić information content (AvgIpc) is 2.85. The Morgan fingerprint density at radius 3 is 1.18 bits per heavy atom. The van der Waals surface area contributed by atoms with Gasteiger partial charge in [-0.05, 0) is 12.1 Å². The van der Waals surface area contributed by atoms with Gasteiger partial charge >= 0.3 is 0 Å². The largest absolute Gasteiger partial charge is 0.475 e. The smallest absolute Gasteiger partial charge is 0.229 e. The Morgan fingerprint density at radius 1 is 0.485 bits per heavy atom. The van der Waals surface area contributed by atoms with Crippen molar-refractivity contribution < 1.29 is 38.0 Å². The molecule has 0 unspecified atom stereocenters. The molecule has 0 fully saturated rings. The monoisotopic (exact) mass is 462 g/mol. The van der Waals surface area contributed by atoms with Crippen LogP contribution in [0.2, 0.25) is 0 Å². The predicted molar refractivity (Wildman–Crippen MR) is 117 cm³/mol. The quantitative estimate of drug-likeness (QED) is 0.572. The summed E-state index contributed by atoms with van der Waals surface area (Å²) in [6.45, 7) is 5.16. The fourth-order valence-corrected chi connectivity index (χ4v) is 2.77. The molecule has 1 aliphatic rings. The highest BCUT2D eigenvalue weighted by Crippen LogP contribution is 2.14. The number of hydrogen-bond acceptors (Lipinski definition) is 10. The number of carbonyl (C=O) groups excluding carboxylic acids is 1. The lowest BCUT2D eigenvalue weighted by Crippen LogP contribution is -2.15. The number of pyridine rings is 2. The number of hydrogen-bond donors (Lipinski definition) is 0. The molecule has 10 heteroatoms. The van der Waals surface area contributed by atoms with Gasteiger partial charge in [0.2, 0.25) is 17.5 Å². The number of rotatable bonds is 0. The molecule has 3 heterocycles. The summed E-state index contributed by atoms with van der Waals surface area (Å²) in [5.41, 5.74) is 0.469. The first-order valence-corrected chi connectivity index (χ1v) is 11.0. The molecule has 2 aromatic heterocycles. The molecule has 3 rings (SSSR count). The summed E-state index contributed by atoms with van der Waals surface area (Å²) >= 11 is 0. The summed E-state index contributed by atoms with van der Waals surface area (Å²) in [4.78, 5) is 21.4. The van der Waals surface area contributed by atoms with Crippen molar-refractivity contribution in [1.82, 2.24) is 9.97 Å². The number of ketones is 1. The lowest BCUT2D eigenvalue weighted by atomic mass is 10.2. The summed E-state index contributed by atoms with van der Waals surface area (Å²) in [5, 5.41) is 0. The predicted octanol–water partition coefficient (Wildman–Crippen LogP) is 1.56. The van der Waals surface area contributed by atoms with Crippen LogP contribution in [0.25, 0.3) is 0 Å². The topological polar surface area (TPSA) is 107 Å². The van der Waals surface area contributed by atoms with E-state index in [-0.39, 0.29) is 17.2 Å². The molecule has 0 atom stereocenters. The molecular weight excluding hydrogens is 432 g/mol. The highest BCUT2D eigenvalue weighted by molar-refractivity contribution is 6.06. The zero-order valence-corrected chi connectivity index (χ0v) is 18.6. The highest BCUT2D eigenvalue weighted by atomic mass is 16.6. The summed E-state index contributed by atoms with van der Waals surface area (Å²) in [7, 11) is 0. The second kappa shape index (κ2) is 15.3. The maximum Gasteiger partial charge on any atom is 0.229 e.